The van der Waals surface area contributed by atoms with Crippen LogP contribution in [0.15, 0.2) is 278 Å². The first-order chi connectivity index (χ1) is 34.0. The van der Waals surface area contributed by atoms with E-state index < -0.39 is 28.6 Å². The molecule has 0 aliphatic carbocycles. The minimum atomic E-state index is -0.967. The summed E-state index contributed by atoms with van der Waals surface area (Å²) in [5, 5.41) is 23.1. The van der Waals surface area contributed by atoms with Crippen LogP contribution in [0.4, 0.5) is 0 Å². The molecule has 0 saturated carbocycles. The standard InChI is InChI=1S/C63H56N4O2/c68-59(69)58(65-61(49-29-10-1-11-30-49,50-31-12-2-13-32-50)51-33-14-3-15-34-51)47-28-48-64-60(66-62(52-35-16-4-17-36-52,53-37-18-5-19-38-53)54-39-20-6-21-40-54)67-63(55-41-22-7-23-42-55,56-43-24-8-25-44-56)57-45-26-9-27-46-57/h1-27,29-46,58,65H,28,47-48H2,(H,68,69)(H2,64,66,67). The minimum Gasteiger partial charge on any atom is -0.480 e. The van der Waals surface area contributed by atoms with Crippen LogP contribution in [0.25, 0.3) is 0 Å². The van der Waals surface area contributed by atoms with Crippen LogP contribution in [-0.2, 0) is 21.4 Å². The highest BCUT2D eigenvalue weighted by Gasteiger charge is 2.43. The van der Waals surface area contributed by atoms with Gasteiger partial charge < -0.3 is 15.7 Å². The number of aliphatic carboxylic acids is 1. The molecule has 0 saturated heterocycles. The fourth-order valence-corrected chi connectivity index (χ4v) is 9.85. The molecule has 9 rings (SSSR count). The van der Waals surface area contributed by atoms with Crippen LogP contribution in [0.2, 0.25) is 0 Å². The zero-order chi connectivity index (χ0) is 47.2. The van der Waals surface area contributed by atoms with Gasteiger partial charge in [0, 0.05) is 6.54 Å². The Morgan fingerprint density at radius 2 is 0.580 bits per heavy atom. The van der Waals surface area contributed by atoms with E-state index in [1.165, 1.54) is 0 Å². The van der Waals surface area contributed by atoms with Crippen molar-refractivity contribution in [1.82, 2.24) is 16.0 Å². The van der Waals surface area contributed by atoms with Crippen LogP contribution in [0.1, 0.15) is 62.9 Å². The van der Waals surface area contributed by atoms with Crippen molar-refractivity contribution in [1.29, 1.82) is 0 Å². The highest BCUT2D eigenvalue weighted by molar-refractivity contribution is 5.85. The summed E-state index contributed by atoms with van der Waals surface area (Å²) in [5.41, 5.74) is 6.15. The molecule has 0 heterocycles. The second-order valence-corrected chi connectivity index (χ2v) is 17.2. The van der Waals surface area contributed by atoms with Crippen molar-refractivity contribution < 1.29 is 9.90 Å². The van der Waals surface area contributed by atoms with E-state index in [0.29, 0.717) is 25.3 Å². The fraction of sp³-hybridized carbons (Fsp3) is 0.111. The van der Waals surface area contributed by atoms with Crippen molar-refractivity contribution >= 4 is 11.9 Å². The summed E-state index contributed by atoms with van der Waals surface area (Å²) in [5.74, 6) is -0.398. The Balaban J connectivity index is 1.18. The van der Waals surface area contributed by atoms with Crippen LogP contribution in [0, 0.1) is 0 Å². The molecular formula is C63H56N4O2. The molecule has 0 aliphatic rings. The van der Waals surface area contributed by atoms with Crippen LogP contribution in [0.5, 0.6) is 0 Å². The monoisotopic (exact) mass is 900 g/mol. The molecule has 0 aromatic heterocycles. The summed E-state index contributed by atoms with van der Waals surface area (Å²) in [4.78, 5) is 19.1. The third kappa shape index (κ3) is 9.62. The van der Waals surface area contributed by atoms with Gasteiger partial charge in [-0.2, -0.15) is 0 Å². The number of guanidine groups is 1. The molecule has 6 heteroatoms. The van der Waals surface area contributed by atoms with E-state index >= 15 is 0 Å². The van der Waals surface area contributed by atoms with E-state index in [1.54, 1.807) is 0 Å². The second kappa shape index (κ2) is 21.5. The van der Waals surface area contributed by atoms with Crippen LogP contribution >= 0.6 is 0 Å². The number of rotatable bonds is 18. The van der Waals surface area contributed by atoms with Gasteiger partial charge in [0.15, 0.2) is 5.96 Å². The second-order valence-electron chi connectivity index (χ2n) is 17.2. The molecule has 69 heavy (non-hydrogen) atoms. The minimum absolute atomic E-state index is 0.294. The largest absolute Gasteiger partial charge is 0.480 e. The third-order valence-corrected chi connectivity index (χ3v) is 13.1. The molecule has 0 fully saturated rings. The molecule has 9 aromatic carbocycles. The molecule has 0 aliphatic heterocycles. The Hall–Kier alpha value is -8.32. The van der Waals surface area contributed by atoms with Crippen molar-refractivity contribution in [3.8, 4) is 0 Å². The highest BCUT2D eigenvalue weighted by atomic mass is 16.4. The number of aliphatic imine (C=N–C) groups is 1. The van der Waals surface area contributed by atoms with Crippen molar-refractivity contribution in [2.24, 2.45) is 4.99 Å². The van der Waals surface area contributed by atoms with E-state index in [-0.39, 0.29) is 0 Å². The molecule has 1 unspecified atom stereocenters. The maximum Gasteiger partial charge on any atom is 0.320 e. The first kappa shape index (κ1) is 45.8. The third-order valence-electron chi connectivity index (χ3n) is 13.1. The van der Waals surface area contributed by atoms with Gasteiger partial charge >= 0.3 is 5.97 Å². The Morgan fingerprint density at radius 1 is 0.362 bits per heavy atom. The molecule has 0 amide bonds. The fourth-order valence-electron chi connectivity index (χ4n) is 9.85. The van der Waals surface area contributed by atoms with E-state index in [0.717, 1.165) is 50.1 Å². The van der Waals surface area contributed by atoms with Crippen LogP contribution in [0.3, 0.4) is 0 Å². The highest BCUT2D eigenvalue weighted by Crippen LogP contribution is 2.41. The number of carboxylic acid groups (broad SMARTS) is 1. The van der Waals surface area contributed by atoms with Gasteiger partial charge in [-0.1, -0.05) is 273 Å². The topological polar surface area (TPSA) is 85.8 Å². The number of nitrogens with zero attached hydrogens (tertiary/aromatic N) is 1. The zero-order valence-corrected chi connectivity index (χ0v) is 38.5. The predicted molar refractivity (Wildman–Crippen MR) is 280 cm³/mol. The van der Waals surface area contributed by atoms with Gasteiger partial charge in [0.05, 0.1) is 5.54 Å². The van der Waals surface area contributed by atoms with E-state index in [9.17, 15) is 9.90 Å². The van der Waals surface area contributed by atoms with Gasteiger partial charge in [0.25, 0.3) is 0 Å². The number of hydrogen-bond acceptors (Lipinski definition) is 3. The summed E-state index contributed by atoms with van der Waals surface area (Å²) < 4.78 is 0. The molecule has 0 bridgehead atoms. The zero-order valence-electron chi connectivity index (χ0n) is 38.5. The van der Waals surface area contributed by atoms with Gasteiger partial charge in [-0.25, -0.2) is 0 Å². The maximum absolute atomic E-state index is 13.6. The van der Waals surface area contributed by atoms with Gasteiger partial charge in [0.1, 0.15) is 17.1 Å². The van der Waals surface area contributed by atoms with Crippen molar-refractivity contribution in [3.05, 3.63) is 323 Å². The number of carboxylic acids is 1. The first-order valence-electron chi connectivity index (χ1n) is 23.6. The average Bonchev–Trinajstić information content (AvgIpc) is 3.43. The Labute approximate surface area is 406 Å². The molecule has 9 aromatic rings. The summed E-state index contributed by atoms with van der Waals surface area (Å²) in [7, 11) is 0. The van der Waals surface area contributed by atoms with Crippen molar-refractivity contribution in [3.63, 3.8) is 0 Å². The summed E-state index contributed by atoms with van der Waals surface area (Å²) in [6.45, 7) is 0.304. The number of nitrogens with one attached hydrogen (secondary N) is 3. The molecular weight excluding hydrogens is 845 g/mol. The molecule has 6 nitrogen and oxygen atoms in total. The van der Waals surface area contributed by atoms with Crippen molar-refractivity contribution in [2.75, 3.05) is 6.54 Å². The molecule has 0 radical (unpaired) electrons. The Kier molecular flexibility index (Phi) is 14.3. The van der Waals surface area contributed by atoms with Crippen molar-refractivity contribution in [2.45, 2.75) is 35.5 Å². The SMILES string of the molecule is O=C(O)C(CCCN=C(NC(c1ccccc1)(c1ccccc1)c1ccccc1)NC(c1ccccc1)(c1ccccc1)c1ccccc1)NC(c1ccccc1)(c1ccccc1)c1ccccc1. The molecule has 1 atom stereocenters. The van der Waals surface area contributed by atoms with Gasteiger partial charge in [-0.3, -0.25) is 15.1 Å². The number of hydrogen-bond donors (Lipinski definition) is 4. The maximum atomic E-state index is 13.6. The summed E-state index contributed by atoms with van der Waals surface area (Å²) in [6, 6.07) is 92.4. The molecule has 0 spiro atoms. The van der Waals surface area contributed by atoms with E-state index in [4.69, 9.17) is 4.99 Å². The summed E-state index contributed by atoms with van der Waals surface area (Å²) >= 11 is 0. The lowest BCUT2D eigenvalue weighted by Crippen LogP contribution is -2.58. The van der Waals surface area contributed by atoms with Crippen LogP contribution in [-0.4, -0.2) is 29.6 Å². The van der Waals surface area contributed by atoms with Gasteiger partial charge in [-0.15, -0.1) is 0 Å². The molecule has 4 N–H and O–H groups in total. The average molecular weight is 901 g/mol. The normalized spacial score (nSPS) is 12.1. The van der Waals surface area contributed by atoms with Gasteiger partial charge in [0.2, 0.25) is 0 Å². The smallest absolute Gasteiger partial charge is 0.320 e. The molecule has 340 valence electrons. The van der Waals surface area contributed by atoms with E-state index in [1.807, 2.05) is 91.0 Å². The lowest BCUT2D eigenvalue weighted by molar-refractivity contribution is -0.140. The van der Waals surface area contributed by atoms with E-state index in [2.05, 4.69) is 198 Å². The number of carbonyl (C=O) groups is 1. The van der Waals surface area contributed by atoms with Gasteiger partial charge in [-0.05, 0) is 62.9 Å². The summed E-state index contributed by atoms with van der Waals surface area (Å²) in [6.07, 6.45) is 0.748. The lowest BCUT2D eigenvalue weighted by Gasteiger charge is -2.42. The quantitative estimate of drug-likeness (QED) is 0.0298. The Bertz CT molecular complexity index is 2580. The number of benzene rings is 9. The van der Waals surface area contributed by atoms with Crippen LogP contribution < -0.4 is 16.0 Å². The first-order valence-corrected chi connectivity index (χ1v) is 23.6. The lowest BCUT2D eigenvalue weighted by atomic mass is 9.76. The predicted octanol–water partition coefficient (Wildman–Crippen LogP) is 12.3. The Morgan fingerprint density at radius 3 is 0.797 bits per heavy atom.